The van der Waals surface area contributed by atoms with Crippen molar-refractivity contribution in [2.75, 3.05) is 6.26 Å². The van der Waals surface area contributed by atoms with Gasteiger partial charge in [0.1, 0.15) is 0 Å². The van der Waals surface area contributed by atoms with Crippen LogP contribution in [-0.4, -0.2) is 14.7 Å². The van der Waals surface area contributed by atoms with Crippen LogP contribution in [0, 0.1) is 6.92 Å². The van der Waals surface area contributed by atoms with Crippen LogP contribution >= 0.6 is 13.5 Å². The minimum absolute atomic E-state index is 0. The highest BCUT2D eigenvalue weighted by molar-refractivity contribution is 7.85. The minimum Gasteiger partial charge on any atom is -0.265 e. The second-order valence-electron chi connectivity index (χ2n) is 2.89. The summed E-state index contributed by atoms with van der Waals surface area (Å²) >= 11 is 0. The van der Waals surface area contributed by atoms with Gasteiger partial charge in [-0.3, -0.25) is 4.18 Å². The molecule has 5 heteroatoms. The van der Waals surface area contributed by atoms with Gasteiger partial charge in [0.2, 0.25) is 0 Å². The lowest BCUT2D eigenvalue weighted by Gasteiger charge is -2.04. The molecule has 0 heterocycles. The summed E-state index contributed by atoms with van der Waals surface area (Å²) in [6, 6.07) is 7.52. The molecule has 3 nitrogen and oxygen atoms in total. The predicted molar refractivity (Wildman–Crippen MR) is 61.2 cm³/mol. The summed E-state index contributed by atoms with van der Waals surface area (Å²) in [5.74, 6) is 0. The molecule has 0 saturated heterocycles. The smallest absolute Gasteiger partial charge is 0.264 e. The zero-order chi connectivity index (χ0) is 9.90. The lowest BCUT2D eigenvalue weighted by molar-refractivity contribution is 0.311. The summed E-state index contributed by atoms with van der Waals surface area (Å²) < 4.78 is 26.1. The molecule has 0 aliphatic heterocycles. The van der Waals surface area contributed by atoms with E-state index in [0.29, 0.717) is 0 Å². The van der Waals surface area contributed by atoms with Gasteiger partial charge >= 0.3 is 0 Å². The molecule has 0 saturated carbocycles. The third-order valence-electron chi connectivity index (χ3n) is 1.69. The van der Waals surface area contributed by atoms with E-state index in [1.54, 1.807) is 0 Å². The van der Waals surface area contributed by atoms with Crippen LogP contribution in [-0.2, 0) is 20.9 Å². The van der Waals surface area contributed by atoms with Gasteiger partial charge in [0.25, 0.3) is 10.1 Å². The lowest BCUT2D eigenvalue weighted by atomic mass is 10.1. The number of hydrogen-bond acceptors (Lipinski definition) is 3. The molecule has 80 valence electrons. The van der Waals surface area contributed by atoms with E-state index in [9.17, 15) is 8.42 Å². The molecule has 0 atom stereocenters. The fraction of sp³-hybridized carbons (Fsp3) is 0.333. The van der Waals surface area contributed by atoms with Crippen molar-refractivity contribution in [3.05, 3.63) is 35.4 Å². The highest BCUT2D eigenvalue weighted by Crippen LogP contribution is 2.09. The summed E-state index contributed by atoms with van der Waals surface area (Å²) in [5, 5.41) is 0. The number of rotatable bonds is 3. The third-order valence-corrected chi connectivity index (χ3v) is 2.24. The van der Waals surface area contributed by atoms with Crippen molar-refractivity contribution in [1.82, 2.24) is 0 Å². The largest absolute Gasteiger partial charge is 0.265 e. The van der Waals surface area contributed by atoms with Crippen LogP contribution in [0.3, 0.4) is 0 Å². The molecule has 0 aliphatic rings. The highest BCUT2D eigenvalue weighted by Gasteiger charge is 2.03. The van der Waals surface area contributed by atoms with Gasteiger partial charge in [0.05, 0.1) is 12.9 Å². The lowest BCUT2D eigenvalue weighted by Crippen LogP contribution is -2.03. The molecule has 0 N–H and O–H groups in total. The molecule has 0 unspecified atom stereocenters. The van der Waals surface area contributed by atoms with Crippen molar-refractivity contribution in [2.24, 2.45) is 0 Å². The van der Waals surface area contributed by atoms with Crippen LogP contribution in [0.2, 0.25) is 0 Å². The molecule has 0 aromatic heterocycles. The van der Waals surface area contributed by atoms with E-state index in [4.69, 9.17) is 0 Å². The molecular formula is C9H14O3S2. The third kappa shape index (κ3) is 4.64. The maximum absolute atomic E-state index is 10.7. The quantitative estimate of drug-likeness (QED) is 0.746. The number of hydrogen-bond donors (Lipinski definition) is 0. The Kier molecular flexibility index (Phi) is 5.18. The maximum atomic E-state index is 10.7. The number of benzene rings is 1. The van der Waals surface area contributed by atoms with Crippen LogP contribution in [0.5, 0.6) is 0 Å². The molecular weight excluding hydrogens is 220 g/mol. The number of aryl methyl sites for hydroxylation is 1. The Balaban J connectivity index is 0.00000169. The Labute approximate surface area is 91.7 Å². The van der Waals surface area contributed by atoms with Gasteiger partial charge in [-0.2, -0.15) is 21.9 Å². The molecule has 0 amide bonds. The van der Waals surface area contributed by atoms with Gasteiger partial charge in [-0.15, -0.1) is 0 Å². The van der Waals surface area contributed by atoms with Crippen LogP contribution < -0.4 is 0 Å². The highest BCUT2D eigenvalue weighted by atomic mass is 32.2. The fourth-order valence-corrected chi connectivity index (χ4v) is 1.28. The summed E-state index contributed by atoms with van der Waals surface area (Å²) in [6.07, 6.45) is 1.05. The first kappa shape index (κ1) is 13.5. The van der Waals surface area contributed by atoms with E-state index in [1.807, 2.05) is 31.2 Å². The first-order valence-electron chi connectivity index (χ1n) is 3.88. The second kappa shape index (κ2) is 5.38. The maximum Gasteiger partial charge on any atom is 0.264 e. The van der Waals surface area contributed by atoms with Crippen molar-refractivity contribution in [1.29, 1.82) is 0 Å². The standard InChI is InChI=1S/C9H12O3S.H2S/c1-8-5-3-4-6-9(8)7-12-13(2,10)11;/h3-6H,7H2,1-2H3;1H2. The topological polar surface area (TPSA) is 43.4 Å². The average Bonchev–Trinajstić information content (AvgIpc) is 2.01. The van der Waals surface area contributed by atoms with Crippen LogP contribution in [0.1, 0.15) is 11.1 Å². The van der Waals surface area contributed by atoms with Gasteiger partial charge in [0.15, 0.2) is 0 Å². The Morgan fingerprint density at radius 3 is 2.36 bits per heavy atom. The van der Waals surface area contributed by atoms with Crippen molar-refractivity contribution in [2.45, 2.75) is 13.5 Å². The molecule has 1 aromatic carbocycles. The van der Waals surface area contributed by atoms with Gasteiger partial charge in [-0.25, -0.2) is 0 Å². The van der Waals surface area contributed by atoms with Gasteiger partial charge < -0.3 is 0 Å². The zero-order valence-corrected chi connectivity index (χ0v) is 9.97. The van der Waals surface area contributed by atoms with Crippen molar-refractivity contribution in [3.63, 3.8) is 0 Å². The Hall–Kier alpha value is -0.520. The Morgan fingerprint density at radius 1 is 1.29 bits per heavy atom. The fourth-order valence-electron chi connectivity index (χ4n) is 0.943. The molecule has 0 bridgehead atoms. The molecule has 1 aromatic rings. The van der Waals surface area contributed by atoms with E-state index >= 15 is 0 Å². The van der Waals surface area contributed by atoms with E-state index in [2.05, 4.69) is 4.18 Å². The Bertz CT molecular complexity index is 385. The second-order valence-corrected chi connectivity index (χ2v) is 4.54. The average molecular weight is 234 g/mol. The summed E-state index contributed by atoms with van der Waals surface area (Å²) in [7, 11) is -3.34. The van der Waals surface area contributed by atoms with Crippen LogP contribution in [0.25, 0.3) is 0 Å². The minimum atomic E-state index is -3.34. The van der Waals surface area contributed by atoms with Gasteiger partial charge in [-0.05, 0) is 18.1 Å². The van der Waals surface area contributed by atoms with Crippen molar-refractivity contribution in [3.8, 4) is 0 Å². The molecule has 14 heavy (non-hydrogen) atoms. The monoisotopic (exact) mass is 234 g/mol. The first-order valence-corrected chi connectivity index (χ1v) is 5.69. The van der Waals surface area contributed by atoms with E-state index < -0.39 is 10.1 Å². The molecule has 0 radical (unpaired) electrons. The van der Waals surface area contributed by atoms with Crippen LogP contribution in [0.4, 0.5) is 0 Å². The molecule has 0 aliphatic carbocycles. The van der Waals surface area contributed by atoms with Crippen LogP contribution in [0.15, 0.2) is 24.3 Å². The molecule has 0 fully saturated rings. The van der Waals surface area contributed by atoms with Crippen molar-refractivity contribution < 1.29 is 12.6 Å². The molecule has 1 rings (SSSR count). The van der Waals surface area contributed by atoms with Crippen molar-refractivity contribution >= 4 is 23.6 Å². The summed E-state index contributed by atoms with van der Waals surface area (Å²) in [4.78, 5) is 0. The molecule has 0 spiro atoms. The summed E-state index contributed by atoms with van der Waals surface area (Å²) in [5.41, 5.74) is 1.93. The van der Waals surface area contributed by atoms with Gasteiger partial charge in [-0.1, -0.05) is 24.3 Å². The van der Waals surface area contributed by atoms with E-state index in [0.717, 1.165) is 17.4 Å². The zero-order valence-electron chi connectivity index (χ0n) is 8.15. The predicted octanol–water partition coefficient (Wildman–Crippen LogP) is 1.58. The van der Waals surface area contributed by atoms with E-state index in [1.165, 1.54) is 0 Å². The normalized spacial score (nSPS) is 10.7. The van der Waals surface area contributed by atoms with Gasteiger partial charge in [0, 0.05) is 0 Å². The summed E-state index contributed by atoms with van der Waals surface area (Å²) in [6.45, 7) is 2.03. The first-order chi connectivity index (χ1) is 5.99. The Morgan fingerprint density at radius 2 is 1.86 bits per heavy atom. The van der Waals surface area contributed by atoms with E-state index in [-0.39, 0.29) is 20.1 Å². The SMILES string of the molecule is Cc1ccccc1COS(C)(=O)=O.S.